The van der Waals surface area contributed by atoms with Crippen LogP contribution in [0.5, 0.6) is 11.5 Å². The van der Waals surface area contributed by atoms with E-state index in [0.29, 0.717) is 6.07 Å². The Balaban J connectivity index is 2.36. The van der Waals surface area contributed by atoms with Crippen LogP contribution in [0.15, 0.2) is 30.3 Å². The van der Waals surface area contributed by atoms with Crippen molar-refractivity contribution in [2.24, 2.45) is 0 Å². The van der Waals surface area contributed by atoms with Gasteiger partial charge in [-0.3, -0.25) is 25.8 Å². The molecule has 0 atom stereocenters. The van der Waals surface area contributed by atoms with Crippen LogP contribution < -0.4 is 20.3 Å². The number of anilines is 1. The van der Waals surface area contributed by atoms with E-state index in [4.69, 9.17) is 21.1 Å². The molecule has 0 aromatic heterocycles. The molecule has 28 heavy (non-hydrogen) atoms. The number of carbonyl (C=O) groups excluding carboxylic acids is 1. The van der Waals surface area contributed by atoms with Gasteiger partial charge in [0.25, 0.3) is 11.6 Å². The van der Waals surface area contributed by atoms with Crippen molar-refractivity contribution in [2.45, 2.75) is 6.18 Å². The summed E-state index contributed by atoms with van der Waals surface area (Å²) in [4.78, 5) is 22.5. The van der Waals surface area contributed by atoms with E-state index in [-0.39, 0.29) is 23.1 Å². The molecule has 0 bridgehead atoms. The van der Waals surface area contributed by atoms with E-state index in [0.717, 1.165) is 0 Å². The number of hydrogen-bond donors (Lipinski definition) is 2. The Morgan fingerprint density at radius 1 is 1.18 bits per heavy atom. The number of nitro groups is 1. The number of halogens is 4. The number of alkyl halides is 3. The molecule has 8 nitrogen and oxygen atoms in total. The predicted molar refractivity (Wildman–Crippen MR) is 93.7 cm³/mol. The fourth-order valence-corrected chi connectivity index (χ4v) is 2.56. The van der Waals surface area contributed by atoms with Gasteiger partial charge in [-0.05, 0) is 18.2 Å². The minimum atomic E-state index is -4.88. The van der Waals surface area contributed by atoms with Gasteiger partial charge < -0.3 is 9.47 Å². The van der Waals surface area contributed by atoms with E-state index >= 15 is 0 Å². The summed E-state index contributed by atoms with van der Waals surface area (Å²) < 4.78 is 48.8. The number of amides is 1. The SMILES string of the molecule is COc1cccc(OC)c1C(=O)NNc1cc(Cl)c(C(F)(F)F)cc1[N+](=O)[O-]. The van der Waals surface area contributed by atoms with Crippen molar-refractivity contribution in [1.82, 2.24) is 5.43 Å². The number of carbonyl (C=O) groups is 1. The first-order valence-corrected chi connectivity index (χ1v) is 7.80. The van der Waals surface area contributed by atoms with Crippen LogP contribution >= 0.6 is 11.6 Å². The summed E-state index contributed by atoms with van der Waals surface area (Å²) in [6.07, 6.45) is -4.88. The molecular formula is C16H13ClF3N3O5. The van der Waals surface area contributed by atoms with Crippen LogP contribution in [0, 0.1) is 10.1 Å². The van der Waals surface area contributed by atoms with Crippen molar-refractivity contribution >= 4 is 28.9 Å². The summed E-state index contributed by atoms with van der Waals surface area (Å²) >= 11 is 5.58. The van der Waals surface area contributed by atoms with Crippen LogP contribution in [-0.2, 0) is 6.18 Å². The number of hydrazine groups is 1. The zero-order valence-electron chi connectivity index (χ0n) is 14.4. The first kappa shape index (κ1) is 21.1. The smallest absolute Gasteiger partial charge is 0.418 e. The molecule has 2 rings (SSSR count). The Morgan fingerprint density at radius 2 is 1.75 bits per heavy atom. The van der Waals surface area contributed by atoms with Crippen LogP contribution in [0.2, 0.25) is 5.02 Å². The maximum absolute atomic E-state index is 12.9. The van der Waals surface area contributed by atoms with Gasteiger partial charge in [0.2, 0.25) is 0 Å². The van der Waals surface area contributed by atoms with Gasteiger partial charge in [-0.1, -0.05) is 17.7 Å². The van der Waals surface area contributed by atoms with E-state index in [1.54, 1.807) is 6.07 Å². The number of nitro benzene ring substituents is 1. The minimum Gasteiger partial charge on any atom is -0.496 e. The number of benzene rings is 2. The van der Waals surface area contributed by atoms with Crippen LogP contribution in [0.3, 0.4) is 0 Å². The summed E-state index contributed by atoms with van der Waals surface area (Å²) in [6, 6.07) is 5.51. The molecule has 0 spiro atoms. The van der Waals surface area contributed by atoms with E-state index < -0.39 is 39.0 Å². The summed E-state index contributed by atoms with van der Waals surface area (Å²) in [5.74, 6) is -0.503. The Labute approximate surface area is 161 Å². The lowest BCUT2D eigenvalue weighted by atomic mass is 10.1. The molecule has 12 heteroatoms. The van der Waals surface area contributed by atoms with Crippen LogP contribution in [0.1, 0.15) is 15.9 Å². The summed E-state index contributed by atoms with van der Waals surface area (Å²) in [7, 11) is 2.64. The molecule has 2 aromatic rings. The van der Waals surface area contributed by atoms with E-state index in [1.807, 2.05) is 0 Å². The molecule has 2 aromatic carbocycles. The molecule has 0 aliphatic carbocycles. The highest BCUT2D eigenvalue weighted by Crippen LogP contribution is 2.40. The second-order valence-electron chi connectivity index (χ2n) is 5.22. The highest BCUT2D eigenvalue weighted by molar-refractivity contribution is 6.31. The molecule has 0 radical (unpaired) electrons. The number of methoxy groups -OCH3 is 2. The molecular weight excluding hydrogens is 407 g/mol. The standard InChI is InChI=1S/C16H13ClF3N3O5/c1-27-12-4-3-5-13(28-2)14(12)15(24)22-21-10-7-9(17)8(16(18,19)20)6-11(10)23(25)26/h3-7,21H,1-2H3,(H,22,24). The lowest BCUT2D eigenvalue weighted by Gasteiger charge is -2.15. The van der Waals surface area contributed by atoms with Crippen molar-refractivity contribution in [2.75, 3.05) is 19.6 Å². The topological polar surface area (TPSA) is 103 Å². The van der Waals surface area contributed by atoms with Gasteiger partial charge >= 0.3 is 6.18 Å². The third-order valence-corrected chi connectivity index (χ3v) is 3.87. The Kier molecular flexibility index (Phi) is 6.19. The molecule has 0 aliphatic heterocycles. The quantitative estimate of drug-likeness (QED) is 0.541. The Hall–Kier alpha value is -3.21. The Bertz CT molecular complexity index is 899. The monoisotopic (exact) mass is 419 g/mol. The van der Waals surface area contributed by atoms with Gasteiger partial charge in [-0.2, -0.15) is 13.2 Å². The Morgan fingerprint density at radius 3 is 2.21 bits per heavy atom. The zero-order valence-corrected chi connectivity index (χ0v) is 15.1. The summed E-state index contributed by atoms with van der Waals surface area (Å²) in [5.41, 5.74) is 1.60. The third-order valence-electron chi connectivity index (χ3n) is 3.55. The second kappa shape index (κ2) is 8.21. The fourth-order valence-electron chi connectivity index (χ4n) is 2.29. The average Bonchev–Trinajstić information content (AvgIpc) is 2.63. The predicted octanol–water partition coefficient (Wildman–Crippen LogP) is 4.04. The lowest BCUT2D eigenvalue weighted by Crippen LogP contribution is -2.30. The molecule has 0 saturated carbocycles. The molecule has 2 N–H and O–H groups in total. The maximum Gasteiger partial charge on any atom is 0.418 e. The van der Waals surface area contributed by atoms with Crippen molar-refractivity contribution in [3.05, 3.63) is 56.6 Å². The van der Waals surface area contributed by atoms with Gasteiger partial charge in [-0.15, -0.1) is 0 Å². The van der Waals surface area contributed by atoms with E-state index in [2.05, 4.69) is 10.9 Å². The normalized spacial score (nSPS) is 10.9. The maximum atomic E-state index is 12.9. The number of ether oxygens (including phenoxy) is 2. The second-order valence-corrected chi connectivity index (χ2v) is 5.63. The van der Waals surface area contributed by atoms with Gasteiger partial charge in [-0.25, -0.2) is 0 Å². The number of hydrogen-bond acceptors (Lipinski definition) is 6. The van der Waals surface area contributed by atoms with Gasteiger partial charge in [0, 0.05) is 6.07 Å². The zero-order chi connectivity index (χ0) is 21.1. The molecule has 150 valence electrons. The van der Waals surface area contributed by atoms with Crippen LogP contribution in [0.4, 0.5) is 24.5 Å². The highest BCUT2D eigenvalue weighted by atomic mass is 35.5. The number of nitrogens with zero attached hydrogens (tertiary/aromatic N) is 1. The van der Waals surface area contributed by atoms with Gasteiger partial charge in [0.05, 0.1) is 29.7 Å². The molecule has 1 amide bonds. The summed E-state index contributed by atoms with van der Waals surface area (Å²) in [6.45, 7) is 0. The average molecular weight is 420 g/mol. The van der Waals surface area contributed by atoms with Gasteiger partial charge in [0.1, 0.15) is 22.7 Å². The third kappa shape index (κ3) is 4.36. The van der Waals surface area contributed by atoms with Crippen molar-refractivity contribution in [1.29, 1.82) is 0 Å². The van der Waals surface area contributed by atoms with Crippen molar-refractivity contribution in [3.63, 3.8) is 0 Å². The fraction of sp³-hybridized carbons (Fsp3) is 0.188. The van der Waals surface area contributed by atoms with E-state index in [1.165, 1.54) is 26.4 Å². The molecule has 0 aliphatic rings. The summed E-state index contributed by atoms with van der Waals surface area (Å²) in [5, 5.41) is 10.4. The molecule has 0 saturated heterocycles. The van der Waals surface area contributed by atoms with Crippen molar-refractivity contribution < 1.29 is 32.4 Å². The number of nitrogens with one attached hydrogen (secondary N) is 2. The minimum absolute atomic E-state index is 0.0272. The lowest BCUT2D eigenvalue weighted by molar-refractivity contribution is -0.384. The first-order valence-electron chi connectivity index (χ1n) is 7.42. The van der Waals surface area contributed by atoms with Crippen LogP contribution in [-0.4, -0.2) is 25.1 Å². The van der Waals surface area contributed by atoms with Crippen LogP contribution in [0.25, 0.3) is 0 Å². The molecule has 0 unspecified atom stereocenters. The van der Waals surface area contributed by atoms with Gasteiger partial charge in [0.15, 0.2) is 0 Å². The van der Waals surface area contributed by atoms with E-state index in [9.17, 15) is 28.1 Å². The number of rotatable bonds is 6. The molecule has 0 fully saturated rings. The largest absolute Gasteiger partial charge is 0.496 e. The molecule has 0 heterocycles. The highest BCUT2D eigenvalue weighted by Gasteiger charge is 2.36. The van der Waals surface area contributed by atoms with Crippen molar-refractivity contribution in [3.8, 4) is 11.5 Å². The first-order chi connectivity index (χ1) is 13.1.